The van der Waals surface area contributed by atoms with Crippen molar-refractivity contribution in [3.05, 3.63) is 28.7 Å². The Morgan fingerprint density at radius 2 is 2.12 bits per heavy atom. The third-order valence-electron chi connectivity index (χ3n) is 3.26. The Morgan fingerprint density at radius 1 is 1.35 bits per heavy atom. The smallest absolute Gasteiger partial charge is 0.326 e. The van der Waals surface area contributed by atoms with E-state index in [1.807, 2.05) is 0 Å². The van der Waals surface area contributed by atoms with Crippen molar-refractivity contribution in [2.75, 3.05) is 26.9 Å². The van der Waals surface area contributed by atoms with E-state index in [1.165, 1.54) is 7.11 Å². The zero-order valence-corrected chi connectivity index (χ0v) is 15.1. The van der Waals surface area contributed by atoms with Crippen molar-refractivity contribution in [2.24, 2.45) is 0 Å². The van der Waals surface area contributed by atoms with Gasteiger partial charge in [-0.15, -0.1) is 6.42 Å². The monoisotopic (exact) mass is 375 g/mol. The van der Waals surface area contributed by atoms with Gasteiger partial charge < -0.3 is 14.2 Å². The third-order valence-corrected chi connectivity index (χ3v) is 4.17. The lowest BCUT2D eigenvalue weighted by Crippen LogP contribution is -2.34. The molecule has 8 heteroatoms. The number of hydrogen-bond donors (Lipinski definition) is 0. The van der Waals surface area contributed by atoms with Crippen molar-refractivity contribution >= 4 is 35.0 Å². The Hall–Kier alpha value is -2.92. The molecule has 1 aromatic rings. The lowest BCUT2D eigenvalue weighted by Gasteiger charge is -2.11. The summed E-state index contributed by atoms with van der Waals surface area (Å²) in [6, 6.07) is 5.02. The van der Waals surface area contributed by atoms with Gasteiger partial charge in [-0.1, -0.05) is 12.0 Å². The standard InChI is InChI=1S/C18H17NO6S/c1-4-8-25-13-7-6-12(9-14(13)23-3)10-15-17(21)19(18(22)26-15)11-16(20)24-5-2/h1,6-7,9-10H,5,8,11H2,2-3H3/b15-10-. The summed E-state index contributed by atoms with van der Waals surface area (Å²) in [6.45, 7) is 1.52. The second kappa shape index (κ2) is 8.97. The van der Waals surface area contributed by atoms with E-state index in [-0.39, 0.29) is 18.1 Å². The van der Waals surface area contributed by atoms with Gasteiger partial charge in [0, 0.05) is 0 Å². The van der Waals surface area contributed by atoms with E-state index in [4.69, 9.17) is 20.6 Å². The molecule has 1 heterocycles. The highest BCUT2D eigenvalue weighted by Gasteiger charge is 2.36. The topological polar surface area (TPSA) is 82.1 Å². The van der Waals surface area contributed by atoms with Crippen LogP contribution in [-0.2, 0) is 14.3 Å². The second-order valence-corrected chi connectivity index (χ2v) is 5.97. The molecule has 1 saturated heterocycles. The predicted molar refractivity (Wildman–Crippen MR) is 96.6 cm³/mol. The van der Waals surface area contributed by atoms with Gasteiger partial charge in [0.25, 0.3) is 11.1 Å². The minimum absolute atomic E-state index is 0.0997. The molecular weight excluding hydrogens is 358 g/mol. The normalized spacial score (nSPS) is 15.1. The van der Waals surface area contributed by atoms with Crippen LogP contribution in [0.3, 0.4) is 0 Å². The number of thioether (sulfide) groups is 1. The molecule has 1 aliphatic heterocycles. The van der Waals surface area contributed by atoms with Crippen molar-refractivity contribution in [1.82, 2.24) is 4.90 Å². The molecule has 0 unspecified atom stereocenters. The molecule has 26 heavy (non-hydrogen) atoms. The second-order valence-electron chi connectivity index (χ2n) is 4.98. The van der Waals surface area contributed by atoms with Gasteiger partial charge in [0.05, 0.1) is 18.6 Å². The summed E-state index contributed by atoms with van der Waals surface area (Å²) >= 11 is 0.760. The molecule has 0 aromatic heterocycles. The molecule has 7 nitrogen and oxygen atoms in total. The number of terminal acetylenes is 1. The van der Waals surface area contributed by atoms with Crippen molar-refractivity contribution in [2.45, 2.75) is 6.92 Å². The largest absolute Gasteiger partial charge is 0.493 e. The Bertz CT molecular complexity index is 795. The number of rotatable bonds is 7. The van der Waals surface area contributed by atoms with Crippen LogP contribution in [0.1, 0.15) is 12.5 Å². The van der Waals surface area contributed by atoms with Crippen LogP contribution in [0.5, 0.6) is 11.5 Å². The lowest BCUT2D eigenvalue weighted by atomic mass is 10.2. The first-order valence-corrected chi connectivity index (χ1v) is 8.47. The quantitative estimate of drug-likeness (QED) is 0.411. The Labute approximate surface area is 155 Å². The SMILES string of the molecule is C#CCOc1ccc(/C=C2\SC(=O)N(CC(=O)OCC)C2=O)cc1OC. The fourth-order valence-corrected chi connectivity index (χ4v) is 2.97. The number of imide groups is 1. The molecule has 0 bridgehead atoms. The third kappa shape index (κ3) is 4.58. The molecule has 0 saturated carbocycles. The van der Waals surface area contributed by atoms with Crippen LogP contribution in [-0.4, -0.2) is 48.9 Å². The Balaban J connectivity index is 2.19. The van der Waals surface area contributed by atoms with E-state index < -0.39 is 23.7 Å². The Morgan fingerprint density at radius 3 is 2.77 bits per heavy atom. The number of carbonyl (C=O) groups excluding carboxylic acids is 3. The molecule has 0 aliphatic carbocycles. The number of methoxy groups -OCH3 is 1. The van der Waals surface area contributed by atoms with Crippen LogP contribution in [0.4, 0.5) is 4.79 Å². The van der Waals surface area contributed by atoms with Crippen LogP contribution >= 0.6 is 11.8 Å². The fraction of sp³-hybridized carbons (Fsp3) is 0.278. The van der Waals surface area contributed by atoms with Gasteiger partial charge in [0.2, 0.25) is 0 Å². The zero-order valence-electron chi connectivity index (χ0n) is 14.3. The summed E-state index contributed by atoms with van der Waals surface area (Å²) in [5, 5.41) is -0.518. The number of esters is 1. The highest BCUT2D eigenvalue weighted by atomic mass is 32.2. The molecule has 1 aromatic carbocycles. The molecule has 1 aliphatic rings. The molecular formula is C18H17NO6S. The lowest BCUT2D eigenvalue weighted by molar-refractivity contribution is -0.145. The zero-order chi connectivity index (χ0) is 19.1. The molecule has 0 radical (unpaired) electrons. The molecule has 0 spiro atoms. The van der Waals surface area contributed by atoms with Gasteiger partial charge in [-0.3, -0.25) is 19.3 Å². The predicted octanol–water partition coefficient (Wildman–Crippen LogP) is 2.31. The highest BCUT2D eigenvalue weighted by Crippen LogP contribution is 2.34. The average molecular weight is 375 g/mol. The van der Waals surface area contributed by atoms with Crippen LogP contribution in [0.25, 0.3) is 6.08 Å². The molecule has 0 atom stereocenters. The number of benzene rings is 1. The van der Waals surface area contributed by atoms with Gasteiger partial charge >= 0.3 is 5.97 Å². The van der Waals surface area contributed by atoms with E-state index >= 15 is 0 Å². The first kappa shape index (κ1) is 19.4. The number of hydrogen-bond acceptors (Lipinski definition) is 7. The van der Waals surface area contributed by atoms with E-state index in [0.717, 1.165) is 16.7 Å². The first-order valence-electron chi connectivity index (χ1n) is 7.65. The molecule has 0 N–H and O–H groups in total. The van der Waals surface area contributed by atoms with Crippen molar-refractivity contribution in [1.29, 1.82) is 0 Å². The van der Waals surface area contributed by atoms with Gasteiger partial charge in [-0.2, -0.15) is 0 Å². The van der Waals surface area contributed by atoms with Crippen LogP contribution < -0.4 is 9.47 Å². The molecule has 136 valence electrons. The molecule has 2 rings (SSSR count). The van der Waals surface area contributed by atoms with Crippen LogP contribution in [0, 0.1) is 12.3 Å². The van der Waals surface area contributed by atoms with Crippen molar-refractivity contribution < 1.29 is 28.6 Å². The first-order chi connectivity index (χ1) is 12.5. The molecule has 1 fully saturated rings. The number of carbonyl (C=O) groups is 3. The summed E-state index contributed by atoms with van der Waals surface area (Å²) in [7, 11) is 1.48. The number of nitrogens with zero attached hydrogens (tertiary/aromatic N) is 1. The molecule has 2 amide bonds. The van der Waals surface area contributed by atoms with Crippen LogP contribution in [0.15, 0.2) is 23.1 Å². The summed E-state index contributed by atoms with van der Waals surface area (Å²) in [4.78, 5) is 36.9. The van der Waals surface area contributed by atoms with Gasteiger partial charge in [0.15, 0.2) is 11.5 Å². The maximum absolute atomic E-state index is 12.4. The van der Waals surface area contributed by atoms with Crippen LogP contribution in [0.2, 0.25) is 0 Å². The minimum atomic E-state index is -0.632. The summed E-state index contributed by atoms with van der Waals surface area (Å²) < 4.78 is 15.4. The van der Waals surface area contributed by atoms with Crippen molar-refractivity contribution in [3.63, 3.8) is 0 Å². The van der Waals surface area contributed by atoms with Gasteiger partial charge in [-0.25, -0.2) is 0 Å². The maximum Gasteiger partial charge on any atom is 0.326 e. The number of amides is 2. The Kier molecular flexibility index (Phi) is 6.69. The van der Waals surface area contributed by atoms with E-state index in [9.17, 15) is 14.4 Å². The fourth-order valence-electron chi connectivity index (χ4n) is 2.14. The van der Waals surface area contributed by atoms with E-state index in [1.54, 1.807) is 31.2 Å². The highest BCUT2D eigenvalue weighted by molar-refractivity contribution is 8.18. The van der Waals surface area contributed by atoms with Gasteiger partial charge in [-0.05, 0) is 42.5 Å². The summed E-state index contributed by atoms with van der Waals surface area (Å²) in [6.07, 6.45) is 6.71. The summed E-state index contributed by atoms with van der Waals surface area (Å²) in [5.41, 5.74) is 0.636. The average Bonchev–Trinajstić information content (AvgIpc) is 2.88. The van der Waals surface area contributed by atoms with Crippen molar-refractivity contribution in [3.8, 4) is 23.8 Å². The van der Waals surface area contributed by atoms with E-state index in [0.29, 0.717) is 17.1 Å². The van der Waals surface area contributed by atoms with E-state index in [2.05, 4.69) is 5.92 Å². The minimum Gasteiger partial charge on any atom is -0.493 e. The maximum atomic E-state index is 12.4. The summed E-state index contributed by atoms with van der Waals surface area (Å²) in [5.74, 6) is 2.10. The van der Waals surface area contributed by atoms with Gasteiger partial charge in [0.1, 0.15) is 13.2 Å². The number of ether oxygens (including phenoxy) is 3.